The summed E-state index contributed by atoms with van der Waals surface area (Å²) < 4.78 is 40.0. The highest BCUT2D eigenvalue weighted by molar-refractivity contribution is 7.88. The predicted octanol–water partition coefficient (Wildman–Crippen LogP) is 1.52. The average molecular weight is 286 g/mol. The van der Waals surface area contributed by atoms with E-state index in [4.69, 9.17) is 5.73 Å². The number of hydrogen-bond acceptors (Lipinski definition) is 3. The van der Waals surface area contributed by atoms with Gasteiger partial charge in [-0.15, -0.1) is 0 Å². The summed E-state index contributed by atoms with van der Waals surface area (Å²) >= 11 is 0. The van der Waals surface area contributed by atoms with Crippen molar-refractivity contribution in [2.75, 3.05) is 6.54 Å². The Kier molecular flexibility index (Phi) is 4.23. The first kappa shape index (κ1) is 14.4. The maximum absolute atomic E-state index is 13.1. The molecule has 1 fully saturated rings. The molecule has 19 heavy (non-hydrogen) atoms. The maximum Gasteiger partial charge on any atom is 0.216 e. The van der Waals surface area contributed by atoms with E-state index >= 15 is 0 Å². The van der Waals surface area contributed by atoms with Crippen molar-refractivity contribution in [2.24, 2.45) is 5.73 Å². The van der Waals surface area contributed by atoms with Gasteiger partial charge in [0.2, 0.25) is 10.0 Å². The predicted molar refractivity (Wildman–Crippen MR) is 72.4 cm³/mol. The summed E-state index contributed by atoms with van der Waals surface area (Å²) in [4.78, 5) is 0. The molecule has 1 aliphatic rings. The van der Waals surface area contributed by atoms with Crippen molar-refractivity contribution in [1.82, 2.24) is 4.72 Å². The van der Waals surface area contributed by atoms with E-state index in [1.165, 1.54) is 18.2 Å². The van der Waals surface area contributed by atoms with Crippen LogP contribution in [0, 0.1) is 5.82 Å². The number of rotatable bonds is 5. The molecule has 0 heterocycles. The van der Waals surface area contributed by atoms with Gasteiger partial charge in [-0.2, -0.15) is 0 Å². The Morgan fingerprint density at radius 1 is 1.32 bits per heavy atom. The van der Waals surface area contributed by atoms with Crippen LogP contribution in [-0.4, -0.2) is 20.5 Å². The lowest BCUT2D eigenvalue weighted by molar-refractivity contribution is 0.399. The van der Waals surface area contributed by atoms with Crippen LogP contribution in [0.1, 0.15) is 31.2 Å². The zero-order valence-corrected chi connectivity index (χ0v) is 11.5. The maximum atomic E-state index is 13.1. The summed E-state index contributed by atoms with van der Waals surface area (Å²) in [5.74, 6) is -0.644. The number of halogens is 1. The third-order valence-electron chi connectivity index (χ3n) is 3.57. The summed E-state index contributed by atoms with van der Waals surface area (Å²) in [6, 6.07) is 5.64. The molecule has 0 bridgehead atoms. The monoisotopic (exact) mass is 286 g/mol. The van der Waals surface area contributed by atoms with Crippen LogP contribution >= 0.6 is 0 Å². The Morgan fingerprint density at radius 2 is 2.00 bits per heavy atom. The second-order valence-electron chi connectivity index (χ2n) is 5.18. The van der Waals surface area contributed by atoms with Gasteiger partial charge in [0.1, 0.15) is 5.82 Å². The van der Waals surface area contributed by atoms with Gasteiger partial charge in [-0.1, -0.05) is 25.0 Å². The fourth-order valence-electron chi connectivity index (χ4n) is 2.61. The van der Waals surface area contributed by atoms with Gasteiger partial charge in [0.15, 0.2) is 0 Å². The Balaban J connectivity index is 2.10. The Bertz CT molecular complexity index is 539. The first-order valence-electron chi connectivity index (χ1n) is 6.41. The van der Waals surface area contributed by atoms with Gasteiger partial charge in [0.25, 0.3) is 0 Å². The Hall–Kier alpha value is -0.980. The van der Waals surface area contributed by atoms with Crippen LogP contribution in [-0.2, 0) is 15.8 Å². The van der Waals surface area contributed by atoms with Crippen molar-refractivity contribution < 1.29 is 12.8 Å². The number of sulfonamides is 1. The van der Waals surface area contributed by atoms with Crippen LogP contribution in [0.25, 0.3) is 0 Å². The third kappa shape index (κ3) is 3.75. The van der Waals surface area contributed by atoms with Crippen molar-refractivity contribution in [3.05, 3.63) is 35.6 Å². The Morgan fingerprint density at radius 3 is 2.58 bits per heavy atom. The van der Waals surface area contributed by atoms with E-state index in [-0.39, 0.29) is 5.75 Å². The molecule has 0 atom stereocenters. The molecule has 1 aliphatic carbocycles. The Labute approximate surface area is 113 Å². The lowest BCUT2D eigenvalue weighted by atomic mass is 10.0. The molecule has 0 spiro atoms. The van der Waals surface area contributed by atoms with Crippen LogP contribution in [0.5, 0.6) is 0 Å². The van der Waals surface area contributed by atoms with Crippen molar-refractivity contribution in [3.8, 4) is 0 Å². The average Bonchev–Trinajstić information content (AvgIpc) is 2.76. The lowest BCUT2D eigenvalue weighted by Crippen LogP contribution is -2.51. The minimum atomic E-state index is -3.50. The first-order chi connectivity index (χ1) is 8.95. The molecule has 1 aromatic carbocycles. The van der Waals surface area contributed by atoms with Crippen molar-refractivity contribution >= 4 is 10.0 Å². The standard InChI is InChI=1S/C13H19FN2O2S/c14-12-5-3-4-11(8-12)9-19(17,18)16-13(10-15)6-1-2-7-13/h3-5,8,16H,1-2,6-7,9-10,15H2. The van der Waals surface area contributed by atoms with Crippen molar-refractivity contribution in [2.45, 2.75) is 37.0 Å². The van der Waals surface area contributed by atoms with Crippen molar-refractivity contribution in [3.63, 3.8) is 0 Å². The summed E-state index contributed by atoms with van der Waals surface area (Å²) in [5.41, 5.74) is 5.64. The highest BCUT2D eigenvalue weighted by atomic mass is 32.2. The van der Waals surface area contributed by atoms with Crippen LogP contribution in [0.2, 0.25) is 0 Å². The minimum absolute atomic E-state index is 0.216. The fourth-order valence-corrected chi connectivity index (χ4v) is 4.25. The number of nitrogens with two attached hydrogens (primary N) is 1. The number of benzene rings is 1. The molecule has 0 aliphatic heterocycles. The highest BCUT2D eigenvalue weighted by Crippen LogP contribution is 2.29. The number of hydrogen-bond donors (Lipinski definition) is 2. The molecule has 1 saturated carbocycles. The van der Waals surface area contributed by atoms with Gasteiger partial charge in [0.05, 0.1) is 5.75 Å². The molecule has 106 valence electrons. The van der Waals surface area contributed by atoms with E-state index in [1.54, 1.807) is 6.07 Å². The van der Waals surface area contributed by atoms with E-state index in [2.05, 4.69) is 4.72 Å². The molecule has 6 heteroatoms. The fraction of sp³-hybridized carbons (Fsp3) is 0.538. The van der Waals surface area contributed by atoms with Gasteiger partial charge in [-0.05, 0) is 30.5 Å². The quantitative estimate of drug-likeness (QED) is 0.862. The van der Waals surface area contributed by atoms with Gasteiger partial charge in [0, 0.05) is 12.1 Å². The van der Waals surface area contributed by atoms with Gasteiger partial charge < -0.3 is 5.73 Å². The largest absolute Gasteiger partial charge is 0.329 e. The zero-order valence-electron chi connectivity index (χ0n) is 10.7. The summed E-state index contributed by atoms with van der Waals surface area (Å²) in [6.07, 6.45) is 3.51. The molecule has 2 rings (SSSR count). The molecular formula is C13H19FN2O2S. The second kappa shape index (κ2) is 5.56. The normalized spacial score (nSPS) is 18.6. The SMILES string of the molecule is NCC1(NS(=O)(=O)Cc2cccc(F)c2)CCCC1. The second-order valence-corrected chi connectivity index (χ2v) is 6.90. The topological polar surface area (TPSA) is 72.2 Å². The van der Waals surface area contributed by atoms with Crippen LogP contribution in [0.3, 0.4) is 0 Å². The molecule has 1 aromatic rings. The highest BCUT2D eigenvalue weighted by Gasteiger charge is 2.36. The molecule has 3 N–H and O–H groups in total. The summed E-state index contributed by atoms with van der Waals surface area (Å²) in [6.45, 7) is 0.301. The van der Waals surface area contributed by atoms with E-state index < -0.39 is 21.4 Å². The van der Waals surface area contributed by atoms with Crippen molar-refractivity contribution in [1.29, 1.82) is 0 Å². The van der Waals surface area contributed by atoms with Crippen LogP contribution < -0.4 is 10.5 Å². The molecule has 0 aromatic heterocycles. The summed E-state index contributed by atoms with van der Waals surface area (Å²) in [5, 5.41) is 0. The van der Waals surface area contributed by atoms with Gasteiger partial charge >= 0.3 is 0 Å². The summed E-state index contributed by atoms with van der Waals surface area (Å²) in [7, 11) is -3.50. The van der Waals surface area contributed by atoms with Gasteiger partial charge in [-0.3, -0.25) is 0 Å². The molecule has 0 radical (unpaired) electrons. The zero-order chi connectivity index (χ0) is 13.9. The molecule has 0 saturated heterocycles. The van der Waals surface area contributed by atoms with E-state index in [0.717, 1.165) is 25.7 Å². The minimum Gasteiger partial charge on any atom is -0.329 e. The van der Waals surface area contributed by atoms with Crippen LogP contribution in [0.15, 0.2) is 24.3 Å². The molecule has 4 nitrogen and oxygen atoms in total. The molecule has 0 unspecified atom stereocenters. The molecule has 0 amide bonds. The molecular weight excluding hydrogens is 267 g/mol. The number of nitrogens with one attached hydrogen (secondary N) is 1. The van der Waals surface area contributed by atoms with E-state index in [9.17, 15) is 12.8 Å². The van der Waals surface area contributed by atoms with E-state index in [0.29, 0.717) is 12.1 Å². The van der Waals surface area contributed by atoms with Gasteiger partial charge in [-0.25, -0.2) is 17.5 Å². The smallest absolute Gasteiger partial charge is 0.216 e. The lowest BCUT2D eigenvalue weighted by Gasteiger charge is -2.28. The van der Waals surface area contributed by atoms with Crippen LogP contribution in [0.4, 0.5) is 4.39 Å². The third-order valence-corrected chi connectivity index (χ3v) is 5.03. The van der Waals surface area contributed by atoms with E-state index in [1.807, 2.05) is 0 Å². The first-order valence-corrected chi connectivity index (χ1v) is 8.06.